The molecule has 2 fully saturated rings. The Morgan fingerprint density at radius 2 is 1.94 bits per heavy atom. The Morgan fingerprint density at radius 3 is 2.33 bits per heavy atom. The summed E-state index contributed by atoms with van der Waals surface area (Å²) in [4.78, 5) is 11.6. The number of hydrogen-bond acceptors (Lipinski definition) is 3. The van der Waals surface area contributed by atoms with Crippen molar-refractivity contribution in [2.45, 2.75) is 63.7 Å². The Labute approximate surface area is 105 Å². The van der Waals surface area contributed by atoms with Gasteiger partial charge in [-0.25, -0.2) is 13.6 Å². The van der Waals surface area contributed by atoms with E-state index in [1.807, 2.05) is 0 Å². The molecule has 4 nitrogen and oxygen atoms in total. The molecular formula is C12H19F2NO3. The Kier molecular flexibility index (Phi) is 2.85. The Hall–Kier alpha value is -0.910. The van der Waals surface area contributed by atoms with Crippen molar-refractivity contribution in [3.05, 3.63) is 0 Å². The molecule has 0 bridgehead atoms. The van der Waals surface area contributed by atoms with Crippen molar-refractivity contribution in [1.82, 2.24) is 5.32 Å². The molecule has 0 aliphatic heterocycles. The lowest BCUT2D eigenvalue weighted by Crippen LogP contribution is -2.71. The molecule has 2 saturated carbocycles. The van der Waals surface area contributed by atoms with Crippen molar-refractivity contribution in [3.63, 3.8) is 0 Å². The Balaban J connectivity index is 1.90. The average molecular weight is 263 g/mol. The summed E-state index contributed by atoms with van der Waals surface area (Å²) in [7, 11) is 0. The van der Waals surface area contributed by atoms with Gasteiger partial charge in [0.15, 0.2) is 0 Å². The van der Waals surface area contributed by atoms with E-state index in [0.717, 1.165) is 0 Å². The van der Waals surface area contributed by atoms with Crippen molar-refractivity contribution in [1.29, 1.82) is 0 Å². The van der Waals surface area contributed by atoms with E-state index in [2.05, 4.69) is 5.32 Å². The molecule has 2 unspecified atom stereocenters. The number of aliphatic hydroxyl groups excluding tert-OH is 1. The van der Waals surface area contributed by atoms with E-state index in [9.17, 15) is 18.7 Å². The second-order valence-corrected chi connectivity index (χ2v) is 6.39. The fourth-order valence-corrected chi connectivity index (χ4v) is 2.81. The molecule has 1 amide bonds. The Bertz CT molecular complexity index is 357. The van der Waals surface area contributed by atoms with Crippen molar-refractivity contribution < 1.29 is 23.4 Å². The molecule has 1 spiro atoms. The minimum absolute atomic E-state index is 0.315. The highest BCUT2D eigenvalue weighted by atomic mass is 19.3. The Morgan fingerprint density at radius 1 is 1.39 bits per heavy atom. The van der Waals surface area contributed by atoms with Gasteiger partial charge in [-0.2, -0.15) is 0 Å². The first-order chi connectivity index (χ1) is 8.04. The second kappa shape index (κ2) is 3.79. The summed E-state index contributed by atoms with van der Waals surface area (Å²) < 4.78 is 31.0. The third-order valence-corrected chi connectivity index (χ3v) is 3.68. The molecule has 2 N–H and O–H groups in total. The van der Waals surface area contributed by atoms with Crippen LogP contribution in [0, 0.1) is 5.41 Å². The standard InChI is InChI=1S/C12H19F2NO3/c1-10(2,3)18-9(17)15-7-4-8(16)11(7)5-12(13,14)6-11/h7-8,16H,4-6H2,1-3H3,(H,15,17). The van der Waals surface area contributed by atoms with Crippen LogP contribution in [-0.4, -0.2) is 34.9 Å². The number of nitrogens with one attached hydrogen (secondary N) is 1. The van der Waals surface area contributed by atoms with Crippen molar-refractivity contribution >= 4 is 6.09 Å². The number of alkyl halides is 2. The van der Waals surface area contributed by atoms with Crippen LogP contribution < -0.4 is 5.32 Å². The molecule has 104 valence electrons. The van der Waals surface area contributed by atoms with Gasteiger partial charge in [0.05, 0.1) is 6.10 Å². The maximum Gasteiger partial charge on any atom is 0.407 e. The number of halogens is 2. The van der Waals surface area contributed by atoms with Crippen LogP contribution in [0.1, 0.15) is 40.0 Å². The number of alkyl carbamates (subject to hydrolysis) is 1. The van der Waals surface area contributed by atoms with Crippen LogP contribution in [-0.2, 0) is 4.74 Å². The van der Waals surface area contributed by atoms with Crippen LogP contribution in [0.2, 0.25) is 0 Å². The highest BCUT2D eigenvalue weighted by Gasteiger charge is 2.69. The summed E-state index contributed by atoms with van der Waals surface area (Å²) in [5.74, 6) is -2.71. The van der Waals surface area contributed by atoms with Gasteiger partial charge >= 0.3 is 6.09 Å². The first-order valence-corrected chi connectivity index (χ1v) is 6.10. The van der Waals surface area contributed by atoms with E-state index < -0.39 is 35.2 Å². The minimum atomic E-state index is -2.71. The summed E-state index contributed by atoms with van der Waals surface area (Å²) in [5, 5.41) is 12.2. The summed E-state index contributed by atoms with van der Waals surface area (Å²) in [6.45, 7) is 5.19. The summed E-state index contributed by atoms with van der Waals surface area (Å²) in [6, 6.07) is -0.415. The van der Waals surface area contributed by atoms with Gasteiger partial charge in [-0.05, 0) is 27.2 Å². The molecule has 2 aliphatic carbocycles. The molecule has 0 aromatic rings. The van der Waals surface area contributed by atoms with Crippen LogP contribution in [0.15, 0.2) is 0 Å². The lowest BCUT2D eigenvalue weighted by molar-refractivity contribution is -0.253. The van der Waals surface area contributed by atoms with E-state index in [-0.39, 0.29) is 12.8 Å². The molecule has 18 heavy (non-hydrogen) atoms. The molecule has 2 atom stereocenters. The van der Waals surface area contributed by atoms with E-state index in [1.54, 1.807) is 20.8 Å². The normalized spacial score (nSPS) is 32.3. The van der Waals surface area contributed by atoms with E-state index >= 15 is 0 Å². The first-order valence-electron chi connectivity index (χ1n) is 6.10. The van der Waals surface area contributed by atoms with Crippen molar-refractivity contribution in [3.8, 4) is 0 Å². The molecule has 0 saturated heterocycles. The number of carbonyl (C=O) groups excluding carboxylic acids is 1. The highest BCUT2D eigenvalue weighted by molar-refractivity contribution is 5.68. The fourth-order valence-electron chi connectivity index (χ4n) is 2.81. The topological polar surface area (TPSA) is 58.6 Å². The van der Waals surface area contributed by atoms with Gasteiger partial charge in [-0.3, -0.25) is 0 Å². The van der Waals surface area contributed by atoms with E-state index in [4.69, 9.17) is 4.74 Å². The quantitative estimate of drug-likeness (QED) is 0.761. The van der Waals surface area contributed by atoms with Gasteiger partial charge in [0.25, 0.3) is 0 Å². The predicted molar refractivity (Wildman–Crippen MR) is 60.4 cm³/mol. The smallest absolute Gasteiger partial charge is 0.407 e. The maximum atomic E-state index is 13.0. The molecule has 2 aliphatic rings. The maximum absolute atomic E-state index is 13.0. The van der Waals surface area contributed by atoms with E-state index in [1.165, 1.54) is 0 Å². The van der Waals surface area contributed by atoms with Crippen LogP contribution in [0.5, 0.6) is 0 Å². The van der Waals surface area contributed by atoms with Crippen molar-refractivity contribution in [2.75, 3.05) is 0 Å². The minimum Gasteiger partial charge on any atom is -0.444 e. The monoisotopic (exact) mass is 263 g/mol. The largest absolute Gasteiger partial charge is 0.444 e. The number of rotatable bonds is 1. The molecule has 2 rings (SSSR count). The zero-order valence-electron chi connectivity index (χ0n) is 10.8. The number of carbonyl (C=O) groups is 1. The van der Waals surface area contributed by atoms with Gasteiger partial charge in [0.2, 0.25) is 5.92 Å². The molecule has 0 aromatic heterocycles. The van der Waals surface area contributed by atoms with E-state index in [0.29, 0.717) is 6.42 Å². The summed E-state index contributed by atoms with van der Waals surface area (Å²) >= 11 is 0. The van der Waals surface area contributed by atoms with Gasteiger partial charge in [0.1, 0.15) is 5.60 Å². The number of hydrogen-bond donors (Lipinski definition) is 2. The van der Waals surface area contributed by atoms with Gasteiger partial charge in [0, 0.05) is 24.3 Å². The SMILES string of the molecule is CC(C)(C)OC(=O)NC1CC(O)C12CC(F)(F)C2. The predicted octanol–water partition coefficient (Wildman–Crippen LogP) is 2.06. The third-order valence-electron chi connectivity index (χ3n) is 3.68. The first kappa shape index (κ1) is 13.5. The average Bonchev–Trinajstić information content (AvgIpc) is 2.10. The number of aliphatic hydroxyl groups is 1. The van der Waals surface area contributed by atoms with Crippen molar-refractivity contribution in [2.24, 2.45) is 5.41 Å². The lowest BCUT2D eigenvalue weighted by Gasteiger charge is -2.61. The molecule has 0 heterocycles. The molecule has 0 radical (unpaired) electrons. The van der Waals surface area contributed by atoms with Crippen LogP contribution in [0.3, 0.4) is 0 Å². The van der Waals surface area contributed by atoms with Crippen LogP contribution in [0.25, 0.3) is 0 Å². The third kappa shape index (κ3) is 2.30. The van der Waals surface area contributed by atoms with Gasteiger partial charge in [-0.15, -0.1) is 0 Å². The number of amides is 1. The van der Waals surface area contributed by atoms with Crippen LogP contribution >= 0.6 is 0 Å². The zero-order valence-corrected chi connectivity index (χ0v) is 10.8. The van der Waals surface area contributed by atoms with Gasteiger partial charge in [-0.1, -0.05) is 0 Å². The number of ether oxygens (including phenoxy) is 1. The fraction of sp³-hybridized carbons (Fsp3) is 0.917. The molecular weight excluding hydrogens is 244 g/mol. The summed E-state index contributed by atoms with van der Waals surface area (Å²) in [5.41, 5.74) is -1.47. The van der Waals surface area contributed by atoms with Crippen LogP contribution in [0.4, 0.5) is 13.6 Å². The second-order valence-electron chi connectivity index (χ2n) is 6.39. The molecule has 0 aromatic carbocycles. The molecule has 6 heteroatoms. The zero-order chi connectivity index (χ0) is 13.8. The lowest BCUT2D eigenvalue weighted by atomic mass is 9.49. The van der Waals surface area contributed by atoms with Gasteiger partial charge < -0.3 is 15.2 Å². The highest BCUT2D eigenvalue weighted by Crippen LogP contribution is 2.62. The summed E-state index contributed by atoms with van der Waals surface area (Å²) in [6.07, 6.45) is -1.77.